The Balaban J connectivity index is 1.96. The molecule has 1 heterocycles. The number of aryl methyl sites for hydroxylation is 1. The highest BCUT2D eigenvalue weighted by Gasteiger charge is 2.13. The summed E-state index contributed by atoms with van der Waals surface area (Å²) >= 11 is 6.02. The molecule has 18 heavy (non-hydrogen) atoms. The first-order chi connectivity index (χ1) is 8.84. The summed E-state index contributed by atoms with van der Waals surface area (Å²) in [5.41, 5.74) is 3.94. The van der Waals surface area contributed by atoms with Gasteiger partial charge in [0.1, 0.15) is 0 Å². The van der Waals surface area contributed by atoms with Crippen molar-refractivity contribution >= 4 is 23.1 Å². The summed E-state index contributed by atoms with van der Waals surface area (Å²) in [7, 11) is 0. The van der Waals surface area contributed by atoms with E-state index in [-0.39, 0.29) is 0 Å². The molecule has 1 aromatic heterocycles. The molecule has 0 saturated carbocycles. The minimum Gasteiger partial charge on any atom is -0.337 e. The van der Waals surface area contributed by atoms with Crippen molar-refractivity contribution in [3.63, 3.8) is 0 Å². The van der Waals surface area contributed by atoms with Crippen molar-refractivity contribution in [3.8, 4) is 0 Å². The van der Waals surface area contributed by atoms with E-state index in [4.69, 9.17) is 11.6 Å². The number of hydrogen-bond acceptors (Lipinski definition) is 3. The standard InChI is InChI=1S/C14H14ClN3/c15-13-14(17-9-8-16-13)18-12-7-3-5-10-4-1-2-6-11(10)12/h3,5,7-9H,1-2,4,6H2,(H,17,18). The Hall–Kier alpha value is -1.61. The van der Waals surface area contributed by atoms with Crippen molar-refractivity contribution in [2.45, 2.75) is 25.7 Å². The fraction of sp³-hybridized carbons (Fsp3) is 0.286. The second kappa shape index (κ2) is 4.94. The van der Waals surface area contributed by atoms with Gasteiger partial charge in [-0.3, -0.25) is 0 Å². The Kier molecular flexibility index (Phi) is 3.15. The first kappa shape index (κ1) is 11.5. The molecule has 3 rings (SSSR count). The molecule has 0 spiro atoms. The molecule has 4 heteroatoms. The molecule has 0 unspecified atom stereocenters. The van der Waals surface area contributed by atoms with Crippen LogP contribution in [0.4, 0.5) is 11.5 Å². The summed E-state index contributed by atoms with van der Waals surface area (Å²) in [6, 6.07) is 6.36. The molecule has 1 aliphatic rings. The molecule has 0 atom stereocenters. The van der Waals surface area contributed by atoms with Gasteiger partial charge in [0, 0.05) is 18.1 Å². The van der Waals surface area contributed by atoms with Gasteiger partial charge < -0.3 is 5.32 Å². The number of halogens is 1. The lowest BCUT2D eigenvalue weighted by Gasteiger charge is -2.19. The van der Waals surface area contributed by atoms with Crippen LogP contribution in [0, 0.1) is 0 Å². The molecule has 1 aromatic carbocycles. The van der Waals surface area contributed by atoms with E-state index >= 15 is 0 Å². The fourth-order valence-corrected chi connectivity index (χ4v) is 2.58. The first-order valence-corrected chi connectivity index (χ1v) is 6.57. The zero-order valence-corrected chi connectivity index (χ0v) is 10.7. The van der Waals surface area contributed by atoms with Crippen LogP contribution < -0.4 is 5.32 Å². The highest BCUT2D eigenvalue weighted by Crippen LogP contribution is 2.30. The minimum absolute atomic E-state index is 0.408. The van der Waals surface area contributed by atoms with Crippen LogP contribution in [0.3, 0.4) is 0 Å². The fourth-order valence-electron chi connectivity index (χ4n) is 2.43. The Bertz CT molecular complexity index is 569. The molecule has 1 N–H and O–H groups in total. The molecule has 2 aromatic rings. The second-order valence-corrected chi connectivity index (χ2v) is 4.83. The number of anilines is 2. The lowest BCUT2D eigenvalue weighted by atomic mass is 9.90. The predicted octanol–water partition coefficient (Wildman–Crippen LogP) is 3.75. The van der Waals surface area contributed by atoms with E-state index in [2.05, 4.69) is 33.5 Å². The summed E-state index contributed by atoms with van der Waals surface area (Å²) < 4.78 is 0. The summed E-state index contributed by atoms with van der Waals surface area (Å²) in [5.74, 6) is 0.623. The average Bonchev–Trinajstić information content (AvgIpc) is 2.42. The van der Waals surface area contributed by atoms with Crippen LogP contribution in [0.2, 0.25) is 5.15 Å². The van der Waals surface area contributed by atoms with Crippen LogP contribution in [-0.4, -0.2) is 9.97 Å². The van der Waals surface area contributed by atoms with Crippen molar-refractivity contribution in [1.29, 1.82) is 0 Å². The third-order valence-corrected chi connectivity index (χ3v) is 3.58. The van der Waals surface area contributed by atoms with Crippen LogP contribution in [0.5, 0.6) is 0 Å². The number of nitrogens with zero attached hydrogens (tertiary/aromatic N) is 2. The molecular formula is C14H14ClN3. The van der Waals surface area contributed by atoms with Gasteiger partial charge in [-0.1, -0.05) is 23.7 Å². The monoisotopic (exact) mass is 259 g/mol. The van der Waals surface area contributed by atoms with E-state index < -0.39 is 0 Å². The maximum absolute atomic E-state index is 6.02. The molecule has 92 valence electrons. The van der Waals surface area contributed by atoms with Gasteiger partial charge in [-0.05, 0) is 42.9 Å². The smallest absolute Gasteiger partial charge is 0.171 e. The van der Waals surface area contributed by atoms with E-state index in [1.807, 2.05) is 0 Å². The summed E-state index contributed by atoms with van der Waals surface area (Å²) in [5, 5.41) is 3.70. The zero-order chi connectivity index (χ0) is 12.4. The van der Waals surface area contributed by atoms with E-state index in [1.165, 1.54) is 30.4 Å². The number of hydrogen-bond donors (Lipinski definition) is 1. The highest BCUT2D eigenvalue weighted by molar-refractivity contribution is 6.31. The van der Waals surface area contributed by atoms with Gasteiger partial charge in [0.15, 0.2) is 11.0 Å². The normalized spacial score (nSPS) is 14.1. The first-order valence-electron chi connectivity index (χ1n) is 6.19. The van der Waals surface area contributed by atoms with Crippen molar-refractivity contribution in [3.05, 3.63) is 46.9 Å². The maximum atomic E-state index is 6.02. The molecule has 0 aliphatic heterocycles. The quantitative estimate of drug-likeness (QED) is 0.893. The minimum atomic E-state index is 0.408. The molecule has 0 saturated heterocycles. The Labute approximate surface area is 111 Å². The average molecular weight is 260 g/mol. The van der Waals surface area contributed by atoms with Gasteiger partial charge in [0.25, 0.3) is 0 Å². The van der Waals surface area contributed by atoms with Crippen LogP contribution in [-0.2, 0) is 12.8 Å². The second-order valence-electron chi connectivity index (χ2n) is 4.47. The van der Waals surface area contributed by atoms with Crippen LogP contribution in [0.15, 0.2) is 30.6 Å². The number of nitrogens with one attached hydrogen (secondary N) is 1. The van der Waals surface area contributed by atoms with Crippen LogP contribution in [0.25, 0.3) is 0 Å². The largest absolute Gasteiger partial charge is 0.337 e. The van der Waals surface area contributed by atoms with Crippen LogP contribution in [0.1, 0.15) is 24.0 Å². The van der Waals surface area contributed by atoms with Crippen molar-refractivity contribution in [1.82, 2.24) is 9.97 Å². The van der Waals surface area contributed by atoms with Crippen molar-refractivity contribution < 1.29 is 0 Å². The topological polar surface area (TPSA) is 37.8 Å². The lowest BCUT2D eigenvalue weighted by Crippen LogP contribution is -2.07. The number of fused-ring (bicyclic) bond motifs is 1. The van der Waals surface area contributed by atoms with E-state index in [1.54, 1.807) is 12.4 Å². The Morgan fingerprint density at radius 2 is 1.89 bits per heavy atom. The molecular weight excluding hydrogens is 246 g/mol. The SMILES string of the molecule is Clc1nccnc1Nc1cccc2c1CCCC2. The van der Waals surface area contributed by atoms with Crippen molar-refractivity contribution in [2.24, 2.45) is 0 Å². The van der Waals surface area contributed by atoms with Gasteiger partial charge in [-0.2, -0.15) is 0 Å². The number of benzene rings is 1. The Morgan fingerprint density at radius 3 is 2.78 bits per heavy atom. The molecule has 0 bridgehead atoms. The number of aromatic nitrogens is 2. The van der Waals surface area contributed by atoms with E-state index in [9.17, 15) is 0 Å². The molecule has 1 aliphatic carbocycles. The van der Waals surface area contributed by atoms with Crippen molar-refractivity contribution in [2.75, 3.05) is 5.32 Å². The van der Waals surface area contributed by atoms with Gasteiger partial charge >= 0.3 is 0 Å². The number of rotatable bonds is 2. The van der Waals surface area contributed by atoms with Gasteiger partial charge in [0.05, 0.1) is 0 Å². The maximum Gasteiger partial charge on any atom is 0.171 e. The molecule has 0 radical (unpaired) electrons. The third-order valence-electron chi connectivity index (χ3n) is 3.30. The summed E-state index contributed by atoms with van der Waals surface area (Å²) in [4.78, 5) is 8.24. The highest BCUT2D eigenvalue weighted by atomic mass is 35.5. The van der Waals surface area contributed by atoms with Gasteiger partial charge in [0.2, 0.25) is 0 Å². The van der Waals surface area contributed by atoms with E-state index in [0.29, 0.717) is 11.0 Å². The molecule has 0 amide bonds. The third kappa shape index (κ3) is 2.18. The predicted molar refractivity (Wildman–Crippen MR) is 73.4 cm³/mol. The summed E-state index contributed by atoms with van der Waals surface area (Å²) in [6.45, 7) is 0. The van der Waals surface area contributed by atoms with Crippen LogP contribution >= 0.6 is 11.6 Å². The van der Waals surface area contributed by atoms with E-state index in [0.717, 1.165) is 12.1 Å². The lowest BCUT2D eigenvalue weighted by molar-refractivity contribution is 0.687. The molecule has 3 nitrogen and oxygen atoms in total. The summed E-state index contributed by atoms with van der Waals surface area (Å²) in [6.07, 6.45) is 8.05. The van der Waals surface area contributed by atoms with Gasteiger partial charge in [-0.25, -0.2) is 9.97 Å². The Morgan fingerprint density at radius 1 is 1.06 bits per heavy atom. The zero-order valence-electron chi connectivity index (χ0n) is 9.99. The molecule has 0 fully saturated rings. The van der Waals surface area contributed by atoms with Gasteiger partial charge in [-0.15, -0.1) is 0 Å².